The molecule has 1 aliphatic rings. The van der Waals surface area contributed by atoms with Gasteiger partial charge in [-0.05, 0) is 30.8 Å². The number of hydrogen-bond donors (Lipinski definition) is 6. The third-order valence-corrected chi connectivity index (χ3v) is 4.64. The van der Waals surface area contributed by atoms with E-state index in [1.54, 1.807) is 0 Å². The van der Waals surface area contributed by atoms with Gasteiger partial charge in [-0.25, -0.2) is 4.79 Å². The van der Waals surface area contributed by atoms with E-state index in [4.69, 9.17) is 26.3 Å². The fourth-order valence-corrected chi connectivity index (χ4v) is 2.88. The summed E-state index contributed by atoms with van der Waals surface area (Å²) >= 11 is 0. The van der Waals surface area contributed by atoms with E-state index in [2.05, 4.69) is 0 Å². The Morgan fingerprint density at radius 2 is 1.93 bits per heavy atom. The predicted octanol–water partition coefficient (Wildman–Crippen LogP) is -1.71. The van der Waals surface area contributed by atoms with Crippen molar-refractivity contribution < 1.29 is 39.4 Å². The zero-order chi connectivity index (χ0) is 21.7. The number of aromatic hydroxyl groups is 1. The fourth-order valence-electron chi connectivity index (χ4n) is 2.88. The molecule has 1 heterocycles. The van der Waals surface area contributed by atoms with Crippen molar-refractivity contribution in [1.29, 1.82) is 0 Å². The third-order valence-electron chi connectivity index (χ3n) is 4.64. The summed E-state index contributed by atoms with van der Waals surface area (Å²) in [7, 11) is -1.57. The minimum atomic E-state index is -1.57. The first-order valence-corrected chi connectivity index (χ1v) is 9.03. The second-order valence-electron chi connectivity index (χ2n) is 6.86. The highest BCUT2D eigenvalue weighted by Crippen LogP contribution is 2.34. The molecule has 0 bridgehead atoms. The zero-order valence-corrected chi connectivity index (χ0v) is 15.7. The Morgan fingerprint density at radius 3 is 2.48 bits per heavy atom. The van der Waals surface area contributed by atoms with Gasteiger partial charge in [0.25, 0.3) is 0 Å². The molecule has 0 radical (unpaired) electrons. The van der Waals surface area contributed by atoms with Crippen molar-refractivity contribution in [2.75, 3.05) is 13.1 Å². The Kier molecular flexibility index (Phi) is 7.43. The van der Waals surface area contributed by atoms with Crippen molar-refractivity contribution >= 4 is 24.9 Å². The highest BCUT2D eigenvalue weighted by molar-refractivity contribution is 6.41. The largest absolute Gasteiger partial charge is 0.507 e. The Balaban J connectivity index is 1.96. The summed E-state index contributed by atoms with van der Waals surface area (Å²) < 4.78 is 5.62. The molecule has 2 amide bonds. The van der Waals surface area contributed by atoms with Crippen LogP contribution in [-0.4, -0.2) is 75.3 Å². The third kappa shape index (κ3) is 5.83. The van der Waals surface area contributed by atoms with E-state index < -0.39 is 42.5 Å². The van der Waals surface area contributed by atoms with E-state index in [9.17, 15) is 24.6 Å². The lowest BCUT2D eigenvalue weighted by molar-refractivity contribution is -0.140. The Labute approximate surface area is 167 Å². The average molecular weight is 409 g/mol. The first-order chi connectivity index (χ1) is 13.6. The standard InChI is InChI=1S/C17H24BN3O8/c19-11(16(20)24)2-4-13(22)21-7-10(8-21)29-12-3-1-9(5-6-18(27)28)15(23)14(12)17(25)26/h1,3,10-11,23,27-28H,2,4-8,19H2,(H2,20,24)(H,25,26)/t11-/m0/s1. The van der Waals surface area contributed by atoms with Crippen molar-refractivity contribution in [2.24, 2.45) is 11.5 Å². The highest BCUT2D eigenvalue weighted by Gasteiger charge is 2.34. The summed E-state index contributed by atoms with van der Waals surface area (Å²) in [6, 6.07) is 1.95. The number of hydrogen-bond acceptors (Lipinski definition) is 8. The van der Waals surface area contributed by atoms with Gasteiger partial charge in [-0.3, -0.25) is 9.59 Å². The lowest BCUT2D eigenvalue weighted by Crippen LogP contribution is -2.56. The normalized spacial score (nSPS) is 14.8. The van der Waals surface area contributed by atoms with Gasteiger partial charge >= 0.3 is 13.1 Å². The highest BCUT2D eigenvalue weighted by atomic mass is 16.5. The van der Waals surface area contributed by atoms with E-state index in [0.29, 0.717) is 0 Å². The number of aromatic carboxylic acids is 1. The summed E-state index contributed by atoms with van der Waals surface area (Å²) in [5.74, 6) is -2.84. The SMILES string of the molecule is NC(=O)[C@@H](N)CCC(=O)N1CC(Oc2ccc(CCB(O)O)c(O)c2C(=O)O)C1. The number of primary amides is 1. The summed E-state index contributed by atoms with van der Waals surface area (Å²) in [6.45, 7) is 0.450. The van der Waals surface area contributed by atoms with Crippen molar-refractivity contribution in [2.45, 2.75) is 37.7 Å². The van der Waals surface area contributed by atoms with E-state index in [1.807, 2.05) is 0 Å². The molecule has 12 heteroatoms. The van der Waals surface area contributed by atoms with Crippen LogP contribution in [0.2, 0.25) is 6.32 Å². The second-order valence-corrected chi connectivity index (χ2v) is 6.86. The summed E-state index contributed by atoms with van der Waals surface area (Å²) in [5.41, 5.74) is 10.4. The molecule has 1 fully saturated rings. The van der Waals surface area contributed by atoms with Gasteiger partial charge in [0.1, 0.15) is 23.2 Å². The van der Waals surface area contributed by atoms with Gasteiger partial charge in [0.05, 0.1) is 19.1 Å². The van der Waals surface area contributed by atoms with Crippen LogP contribution in [0.1, 0.15) is 28.8 Å². The fraction of sp³-hybridized carbons (Fsp3) is 0.471. The van der Waals surface area contributed by atoms with Crippen LogP contribution in [-0.2, 0) is 16.0 Å². The first kappa shape index (κ1) is 22.5. The number of carboxylic acids is 1. The average Bonchev–Trinajstić information content (AvgIpc) is 2.60. The number of carboxylic acid groups (broad SMARTS) is 1. The quantitative estimate of drug-likeness (QED) is 0.244. The maximum Gasteiger partial charge on any atom is 0.451 e. The van der Waals surface area contributed by atoms with Gasteiger partial charge in [-0.2, -0.15) is 0 Å². The Hall–Kier alpha value is -2.83. The number of nitrogens with two attached hydrogens (primary N) is 2. The molecule has 1 aliphatic heterocycles. The number of likely N-dealkylation sites (tertiary alicyclic amines) is 1. The molecule has 1 saturated heterocycles. The number of nitrogens with zero attached hydrogens (tertiary/aromatic N) is 1. The van der Waals surface area contributed by atoms with Crippen LogP contribution in [0.3, 0.4) is 0 Å². The molecule has 8 N–H and O–H groups in total. The van der Waals surface area contributed by atoms with Crippen LogP contribution in [0, 0.1) is 0 Å². The molecule has 0 saturated carbocycles. The summed E-state index contributed by atoms with van der Waals surface area (Å²) in [6.07, 6.45) is -0.248. The Bertz CT molecular complexity index is 782. The van der Waals surface area contributed by atoms with Crippen molar-refractivity contribution in [3.05, 3.63) is 23.3 Å². The lowest BCUT2D eigenvalue weighted by Gasteiger charge is -2.39. The molecule has 0 aliphatic carbocycles. The molecular formula is C17H24BN3O8. The van der Waals surface area contributed by atoms with Crippen LogP contribution >= 0.6 is 0 Å². The van der Waals surface area contributed by atoms with E-state index in [-0.39, 0.29) is 55.9 Å². The molecule has 1 aromatic carbocycles. The van der Waals surface area contributed by atoms with Crippen LogP contribution in [0.15, 0.2) is 12.1 Å². The number of aryl methyl sites for hydroxylation is 1. The number of carbonyl (C=O) groups is 3. The number of ether oxygens (including phenoxy) is 1. The van der Waals surface area contributed by atoms with Crippen LogP contribution in [0.5, 0.6) is 11.5 Å². The number of amides is 2. The Morgan fingerprint density at radius 1 is 1.28 bits per heavy atom. The van der Waals surface area contributed by atoms with Crippen molar-refractivity contribution in [3.8, 4) is 11.5 Å². The van der Waals surface area contributed by atoms with Crippen LogP contribution in [0.25, 0.3) is 0 Å². The van der Waals surface area contributed by atoms with Crippen LogP contribution < -0.4 is 16.2 Å². The van der Waals surface area contributed by atoms with E-state index >= 15 is 0 Å². The molecule has 158 valence electrons. The van der Waals surface area contributed by atoms with Crippen molar-refractivity contribution in [3.63, 3.8) is 0 Å². The second kappa shape index (κ2) is 9.59. The van der Waals surface area contributed by atoms with Crippen molar-refractivity contribution in [1.82, 2.24) is 4.90 Å². The first-order valence-electron chi connectivity index (χ1n) is 9.03. The molecule has 0 aromatic heterocycles. The van der Waals surface area contributed by atoms with E-state index in [1.165, 1.54) is 17.0 Å². The number of rotatable bonds is 10. The minimum Gasteiger partial charge on any atom is -0.507 e. The minimum absolute atomic E-state index is 0.0452. The predicted molar refractivity (Wildman–Crippen MR) is 101 cm³/mol. The number of carbonyl (C=O) groups excluding carboxylic acids is 2. The number of benzene rings is 1. The lowest BCUT2D eigenvalue weighted by atomic mass is 9.82. The maximum atomic E-state index is 12.0. The van der Waals surface area contributed by atoms with Gasteiger partial charge in [0.2, 0.25) is 11.8 Å². The molecule has 29 heavy (non-hydrogen) atoms. The topological polar surface area (TPSA) is 197 Å². The van der Waals surface area contributed by atoms with Gasteiger partial charge in [-0.1, -0.05) is 6.07 Å². The monoisotopic (exact) mass is 409 g/mol. The van der Waals surface area contributed by atoms with Gasteiger partial charge in [-0.15, -0.1) is 0 Å². The molecule has 0 spiro atoms. The molecule has 1 atom stereocenters. The van der Waals surface area contributed by atoms with Gasteiger partial charge in [0.15, 0.2) is 0 Å². The smallest absolute Gasteiger partial charge is 0.451 e. The zero-order valence-electron chi connectivity index (χ0n) is 15.7. The van der Waals surface area contributed by atoms with Gasteiger partial charge < -0.3 is 41.4 Å². The molecule has 11 nitrogen and oxygen atoms in total. The number of phenols is 1. The molecular weight excluding hydrogens is 385 g/mol. The van der Waals surface area contributed by atoms with Crippen LogP contribution in [0.4, 0.5) is 0 Å². The van der Waals surface area contributed by atoms with E-state index in [0.717, 1.165) is 0 Å². The molecule has 0 unspecified atom stereocenters. The molecule has 1 aromatic rings. The molecule has 2 rings (SSSR count). The van der Waals surface area contributed by atoms with Gasteiger partial charge in [0, 0.05) is 6.42 Å². The summed E-state index contributed by atoms with van der Waals surface area (Å²) in [5, 5.41) is 37.5. The maximum absolute atomic E-state index is 12.0. The summed E-state index contributed by atoms with van der Waals surface area (Å²) in [4.78, 5) is 36.0.